The highest BCUT2D eigenvalue weighted by molar-refractivity contribution is 8.01. The molecule has 0 aliphatic rings. The molecule has 0 saturated carbocycles. The lowest BCUT2D eigenvalue weighted by Gasteiger charge is -2.08. The van der Waals surface area contributed by atoms with E-state index in [4.69, 9.17) is 11.6 Å². The highest BCUT2D eigenvalue weighted by atomic mass is 35.5. The van der Waals surface area contributed by atoms with E-state index < -0.39 is 0 Å². The third kappa shape index (κ3) is 3.82. The van der Waals surface area contributed by atoms with Crippen LogP contribution in [-0.4, -0.2) is 0 Å². The lowest BCUT2D eigenvalue weighted by molar-refractivity contribution is 1.46. The van der Waals surface area contributed by atoms with E-state index in [1.807, 2.05) is 23.5 Å². The number of rotatable bonds is 4. The molecule has 0 aliphatic heterocycles. The molecule has 1 aromatic heterocycles. The van der Waals surface area contributed by atoms with Gasteiger partial charge in [-0.05, 0) is 53.1 Å². The van der Waals surface area contributed by atoms with Crippen molar-refractivity contribution in [3.8, 4) is 21.6 Å². The molecular weight excluding hydrogens is 364 g/mol. The molecule has 3 heteroatoms. The van der Waals surface area contributed by atoms with Gasteiger partial charge in [-0.3, -0.25) is 0 Å². The van der Waals surface area contributed by atoms with Crippen LogP contribution in [0.25, 0.3) is 21.6 Å². The van der Waals surface area contributed by atoms with Crippen molar-refractivity contribution >= 4 is 34.7 Å². The second-order valence-corrected chi connectivity index (χ2v) is 8.48. The molecule has 0 unspecified atom stereocenters. The first-order valence-electron chi connectivity index (χ1n) is 7.98. The van der Waals surface area contributed by atoms with Crippen LogP contribution >= 0.6 is 34.7 Å². The predicted molar refractivity (Wildman–Crippen MR) is 111 cm³/mol. The maximum absolute atomic E-state index is 5.97. The molecule has 0 N–H and O–H groups in total. The van der Waals surface area contributed by atoms with E-state index >= 15 is 0 Å². The second-order valence-electron chi connectivity index (χ2n) is 5.59. The maximum atomic E-state index is 5.97. The Bertz CT molecular complexity index is 972. The van der Waals surface area contributed by atoms with Crippen molar-refractivity contribution in [3.05, 3.63) is 96.0 Å². The Labute approximate surface area is 161 Å². The van der Waals surface area contributed by atoms with Gasteiger partial charge in [-0.2, -0.15) is 0 Å². The number of hydrogen-bond acceptors (Lipinski definition) is 2. The highest BCUT2D eigenvalue weighted by Gasteiger charge is 2.10. The van der Waals surface area contributed by atoms with Crippen molar-refractivity contribution in [1.82, 2.24) is 0 Å². The third-order valence-corrected chi connectivity index (χ3v) is 6.40. The summed E-state index contributed by atoms with van der Waals surface area (Å²) in [7, 11) is 0. The Morgan fingerprint density at radius 3 is 2.08 bits per heavy atom. The first-order valence-corrected chi connectivity index (χ1v) is 9.99. The van der Waals surface area contributed by atoms with Crippen LogP contribution in [0.2, 0.25) is 5.02 Å². The zero-order valence-electron chi connectivity index (χ0n) is 13.4. The van der Waals surface area contributed by atoms with E-state index in [9.17, 15) is 0 Å². The minimum atomic E-state index is 0.771. The smallest absolute Gasteiger partial charge is 0.0652 e. The summed E-state index contributed by atoms with van der Waals surface area (Å²) in [6.45, 7) is 0. The monoisotopic (exact) mass is 378 g/mol. The summed E-state index contributed by atoms with van der Waals surface area (Å²) >= 11 is 9.56. The molecule has 0 atom stereocenters. The second kappa shape index (κ2) is 7.49. The van der Waals surface area contributed by atoms with Crippen LogP contribution in [-0.2, 0) is 0 Å². The van der Waals surface area contributed by atoms with Crippen molar-refractivity contribution in [2.24, 2.45) is 0 Å². The van der Waals surface area contributed by atoms with Gasteiger partial charge in [0.25, 0.3) is 0 Å². The minimum Gasteiger partial charge on any atom is -0.128 e. The Morgan fingerprint density at radius 2 is 1.32 bits per heavy atom. The summed E-state index contributed by atoms with van der Waals surface area (Å²) in [5.74, 6) is 0. The van der Waals surface area contributed by atoms with Gasteiger partial charge in [0, 0.05) is 14.8 Å². The molecule has 0 fully saturated rings. The van der Waals surface area contributed by atoms with Crippen molar-refractivity contribution in [1.29, 1.82) is 0 Å². The Hall–Kier alpha value is -2.00. The fraction of sp³-hybridized carbons (Fsp3) is 0. The average Bonchev–Trinajstić information content (AvgIpc) is 3.13. The fourth-order valence-corrected chi connectivity index (χ4v) is 4.97. The molecule has 122 valence electrons. The molecule has 0 radical (unpaired) electrons. The molecule has 1 heterocycles. The SMILES string of the molecule is Clc1ccc(Sc2ccc(-c3ccccc3-c3ccccc3)s2)cc1. The summed E-state index contributed by atoms with van der Waals surface area (Å²) in [4.78, 5) is 2.49. The lowest BCUT2D eigenvalue weighted by Crippen LogP contribution is -1.81. The van der Waals surface area contributed by atoms with Crippen LogP contribution < -0.4 is 0 Å². The van der Waals surface area contributed by atoms with Gasteiger partial charge < -0.3 is 0 Å². The number of benzene rings is 3. The van der Waals surface area contributed by atoms with Gasteiger partial charge in [0.15, 0.2) is 0 Å². The van der Waals surface area contributed by atoms with Gasteiger partial charge in [-0.1, -0.05) is 78.0 Å². The number of halogens is 1. The van der Waals surface area contributed by atoms with Crippen molar-refractivity contribution in [3.63, 3.8) is 0 Å². The van der Waals surface area contributed by atoms with E-state index in [2.05, 4.69) is 78.9 Å². The Morgan fingerprint density at radius 1 is 0.640 bits per heavy atom. The minimum absolute atomic E-state index is 0.771. The van der Waals surface area contributed by atoms with Gasteiger partial charge in [-0.25, -0.2) is 0 Å². The molecule has 0 amide bonds. The van der Waals surface area contributed by atoms with Crippen LogP contribution in [0.15, 0.2) is 100 Å². The molecule has 0 aliphatic carbocycles. The topological polar surface area (TPSA) is 0 Å². The summed E-state index contributed by atoms with van der Waals surface area (Å²) in [6, 6.07) is 31.5. The number of thiophene rings is 1. The van der Waals surface area contributed by atoms with Gasteiger partial charge in [0.05, 0.1) is 4.21 Å². The van der Waals surface area contributed by atoms with E-state index in [0.29, 0.717) is 0 Å². The average molecular weight is 379 g/mol. The van der Waals surface area contributed by atoms with E-state index in [1.165, 1.54) is 30.7 Å². The maximum Gasteiger partial charge on any atom is 0.0652 e. The van der Waals surface area contributed by atoms with Crippen LogP contribution in [0.3, 0.4) is 0 Å². The van der Waals surface area contributed by atoms with Gasteiger partial charge >= 0.3 is 0 Å². The zero-order chi connectivity index (χ0) is 17.1. The quantitative estimate of drug-likeness (QED) is 0.348. The molecule has 0 nitrogen and oxygen atoms in total. The molecule has 25 heavy (non-hydrogen) atoms. The Kier molecular flexibility index (Phi) is 4.93. The molecule has 4 rings (SSSR count). The van der Waals surface area contributed by atoms with Crippen molar-refractivity contribution in [2.45, 2.75) is 9.10 Å². The normalized spacial score (nSPS) is 10.8. The molecule has 0 saturated heterocycles. The van der Waals surface area contributed by atoms with Crippen molar-refractivity contribution in [2.75, 3.05) is 0 Å². The summed E-state index contributed by atoms with van der Waals surface area (Å²) in [5.41, 5.74) is 3.80. The van der Waals surface area contributed by atoms with Gasteiger partial charge in [-0.15, -0.1) is 11.3 Å². The van der Waals surface area contributed by atoms with Gasteiger partial charge in [0.1, 0.15) is 0 Å². The van der Waals surface area contributed by atoms with Crippen molar-refractivity contribution < 1.29 is 0 Å². The summed E-state index contributed by atoms with van der Waals surface area (Å²) in [6.07, 6.45) is 0. The summed E-state index contributed by atoms with van der Waals surface area (Å²) < 4.78 is 1.28. The van der Waals surface area contributed by atoms with E-state index in [-0.39, 0.29) is 0 Å². The fourth-order valence-electron chi connectivity index (χ4n) is 2.71. The van der Waals surface area contributed by atoms with E-state index in [0.717, 1.165) is 5.02 Å². The first-order chi connectivity index (χ1) is 12.3. The molecular formula is C22H15ClS2. The number of hydrogen-bond donors (Lipinski definition) is 0. The molecule has 3 aromatic carbocycles. The molecule has 0 spiro atoms. The van der Waals surface area contributed by atoms with Crippen LogP contribution in [0.4, 0.5) is 0 Å². The van der Waals surface area contributed by atoms with Crippen LogP contribution in [0, 0.1) is 0 Å². The third-order valence-electron chi connectivity index (χ3n) is 3.89. The summed E-state index contributed by atoms with van der Waals surface area (Å²) in [5, 5.41) is 0.771. The van der Waals surface area contributed by atoms with E-state index in [1.54, 1.807) is 11.8 Å². The largest absolute Gasteiger partial charge is 0.128 e. The first kappa shape index (κ1) is 16.5. The van der Waals surface area contributed by atoms with Gasteiger partial charge in [0.2, 0.25) is 0 Å². The molecule has 0 bridgehead atoms. The standard InChI is InChI=1S/C22H15ClS2/c23-17-10-12-18(13-11-17)24-22-15-14-21(25-22)20-9-5-4-8-19(20)16-6-2-1-3-7-16/h1-15H. The lowest BCUT2D eigenvalue weighted by atomic mass is 9.99. The van der Waals surface area contributed by atoms with Crippen LogP contribution in [0.5, 0.6) is 0 Å². The highest BCUT2D eigenvalue weighted by Crippen LogP contribution is 2.41. The zero-order valence-corrected chi connectivity index (χ0v) is 15.7. The Balaban J connectivity index is 1.66. The molecule has 4 aromatic rings. The predicted octanol–water partition coefficient (Wildman–Crippen LogP) is 7.89. The van der Waals surface area contributed by atoms with Crippen LogP contribution in [0.1, 0.15) is 0 Å².